The van der Waals surface area contributed by atoms with Crippen molar-refractivity contribution in [2.45, 2.75) is 54.6 Å². The van der Waals surface area contributed by atoms with Crippen molar-refractivity contribution in [1.29, 1.82) is 0 Å². The minimum absolute atomic E-state index is 0.835. The molecule has 146 valence electrons. The van der Waals surface area contributed by atoms with Crippen molar-refractivity contribution in [1.82, 2.24) is 0 Å². The van der Waals surface area contributed by atoms with Crippen molar-refractivity contribution < 1.29 is 0 Å². The van der Waals surface area contributed by atoms with E-state index in [2.05, 4.69) is 101 Å². The van der Waals surface area contributed by atoms with Gasteiger partial charge >= 0.3 is 0 Å². The van der Waals surface area contributed by atoms with E-state index < -0.39 is 0 Å². The highest BCUT2D eigenvalue weighted by molar-refractivity contribution is 5.56. The van der Waals surface area contributed by atoms with E-state index in [0.717, 1.165) is 13.1 Å². The second-order valence-corrected chi connectivity index (χ2v) is 8.00. The molecule has 0 atom stereocenters. The summed E-state index contributed by atoms with van der Waals surface area (Å²) in [5.74, 6) is 0. The van der Waals surface area contributed by atoms with Crippen LogP contribution in [0, 0.1) is 41.5 Å². The second-order valence-electron chi connectivity index (χ2n) is 8.00. The lowest BCUT2D eigenvalue weighted by Crippen LogP contribution is -2.11. The molecule has 3 aromatic carbocycles. The molecule has 28 heavy (non-hydrogen) atoms. The summed E-state index contributed by atoms with van der Waals surface area (Å²) in [6.45, 7) is 14.7. The normalized spacial score (nSPS) is 10.8. The van der Waals surface area contributed by atoms with E-state index in [1.165, 1.54) is 55.9 Å². The number of rotatable bonds is 6. The Bertz CT molecular complexity index is 905. The van der Waals surface area contributed by atoms with Gasteiger partial charge in [-0.1, -0.05) is 36.4 Å². The maximum Gasteiger partial charge on any atom is 0.0407 e. The predicted octanol–water partition coefficient (Wildman–Crippen LogP) is 6.76. The monoisotopic (exact) mass is 372 g/mol. The highest BCUT2D eigenvalue weighted by Crippen LogP contribution is 2.24. The molecule has 0 bridgehead atoms. The van der Waals surface area contributed by atoms with Crippen molar-refractivity contribution in [3.63, 3.8) is 0 Å². The highest BCUT2D eigenvalue weighted by atomic mass is 14.9. The summed E-state index contributed by atoms with van der Waals surface area (Å²) in [7, 11) is 0. The average molecular weight is 373 g/mol. The second kappa shape index (κ2) is 8.52. The third-order valence-corrected chi connectivity index (χ3v) is 5.60. The number of benzene rings is 3. The first-order valence-corrected chi connectivity index (χ1v) is 10.1. The molecule has 2 nitrogen and oxygen atoms in total. The first kappa shape index (κ1) is 20.0. The largest absolute Gasteiger partial charge is 0.381 e. The topological polar surface area (TPSA) is 24.1 Å². The van der Waals surface area contributed by atoms with Gasteiger partial charge in [0.15, 0.2) is 0 Å². The maximum absolute atomic E-state index is 3.67. The summed E-state index contributed by atoms with van der Waals surface area (Å²) in [5.41, 5.74) is 13.0. The molecule has 3 aromatic rings. The molecule has 2 heteroatoms. The van der Waals surface area contributed by atoms with Crippen LogP contribution in [0.5, 0.6) is 0 Å². The zero-order valence-electron chi connectivity index (χ0n) is 18.0. The third-order valence-electron chi connectivity index (χ3n) is 5.60. The fourth-order valence-corrected chi connectivity index (χ4v) is 3.64. The van der Waals surface area contributed by atoms with Crippen LogP contribution in [0.1, 0.15) is 44.5 Å². The van der Waals surface area contributed by atoms with Gasteiger partial charge in [-0.15, -0.1) is 0 Å². The number of nitrogens with one attached hydrogen (secondary N) is 2. The first-order valence-electron chi connectivity index (χ1n) is 10.1. The van der Waals surface area contributed by atoms with Gasteiger partial charge in [0.05, 0.1) is 0 Å². The lowest BCUT2D eigenvalue weighted by molar-refractivity contribution is 1.01. The van der Waals surface area contributed by atoms with Gasteiger partial charge in [-0.05, 0) is 98.2 Å². The molecule has 3 rings (SSSR count). The standard InChI is InChI=1S/C26H32N2/c1-17-7-9-21(5)25(13-17)27-15-23-19(3)11-12-20(4)24(23)16-28-26-14-18(2)8-10-22(26)6/h7-14,27-28H,15-16H2,1-6H3. The molecular formula is C26H32N2. The van der Waals surface area contributed by atoms with E-state index in [1.807, 2.05) is 0 Å². The van der Waals surface area contributed by atoms with Crippen molar-refractivity contribution in [2.24, 2.45) is 0 Å². The lowest BCUT2D eigenvalue weighted by atomic mass is 9.96. The summed E-state index contributed by atoms with van der Waals surface area (Å²) in [6, 6.07) is 17.6. The molecular weight excluding hydrogens is 340 g/mol. The predicted molar refractivity (Wildman–Crippen MR) is 122 cm³/mol. The van der Waals surface area contributed by atoms with Crippen LogP contribution < -0.4 is 10.6 Å². The van der Waals surface area contributed by atoms with Crippen molar-refractivity contribution in [3.8, 4) is 0 Å². The molecule has 0 aliphatic rings. The van der Waals surface area contributed by atoms with Gasteiger partial charge in [0, 0.05) is 24.5 Å². The molecule has 0 aliphatic heterocycles. The Balaban J connectivity index is 1.84. The molecule has 0 amide bonds. The number of anilines is 2. The zero-order valence-corrected chi connectivity index (χ0v) is 18.0. The van der Waals surface area contributed by atoms with Crippen LogP contribution in [0.2, 0.25) is 0 Å². The van der Waals surface area contributed by atoms with Gasteiger partial charge in [-0.2, -0.15) is 0 Å². The molecule has 0 spiro atoms. The van der Waals surface area contributed by atoms with Crippen LogP contribution >= 0.6 is 0 Å². The molecule has 0 heterocycles. The summed E-state index contributed by atoms with van der Waals surface area (Å²) >= 11 is 0. The van der Waals surface area contributed by atoms with Gasteiger partial charge in [0.2, 0.25) is 0 Å². The van der Waals surface area contributed by atoms with E-state index >= 15 is 0 Å². The van der Waals surface area contributed by atoms with E-state index in [4.69, 9.17) is 0 Å². The van der Waals surface area contributed by atoms with E-state index in [0.29, 0.717) is 0 Å². The fraction of sp³-hybridized carbons (Fsp3) is 0.308. The number of aryl methyl sites for hydroxylation is 6. The van der Waals surface area contributed by atoms with Gasteiger partial charge in [-0.3, -0.25) is 0 Å². The third kappa shape index (κ3) is 4.56. The van der Waals surface area contributed by atoms with Crippen molar-refractivity contribution >= 4 is 11.4 Å². The number of hydrogen-bond acceptors (Lipinski definition) is 2. The maximum atomic E-state index is 3.67. The summed E-state index contributed by atoms with van der Waals surface area (Å²) in [5, 5.41) is 7.34. The SMILES string of the molecule is Cc1ccc(C)c(NCc2c(C)ccc(C)c2CNc2cc(C)ccc2C)c1. The van der Waals surface area contributed by atoms with Gasteiger partial charge in [0.25, 0.3) is 0 Å². The van der Waals surface area contributed by atoms with Crippen molar-refractivity contribution in [3.05, 3.63) is 93.0 Å². The van der Waals surface area contributed by atoms with Crippen LogP contribution in [-0.2, 0) is 13.1 Å². The zero-order chi connectivity index (χ0) is 20.3. The van der Waals surface area contributed by atoms with E-state index in [1.54, 1.807) is 0 Å². The minimum atomic E-state index is 0.835. The quantitative estimate of drug-likeness (QED) is 0.499. The molecule has 0 aliphatic carbocycles. The highest BCUT2D eigenvalue weighted by Gasteiger charge is 2.10. The Morgan fingerprint density at radius 1 is 0.500 bits per heavy atom. The van der Waals surface area contributed by atoms with Crippen LogP contribution in [0.15, 0.2) is 48.5 Å². The van der Waals surface area contributed by atoms with Gasteiger partial charge in [0.1, 0.15) is 0 Å². The van der Waals surface area contributed by atoms with Crippen LogP contribution in [0.3, 0.4) is 0 Å². The summed E-state index contributed by atoms with van der Waals surface area (Å²) in [6.07, 6.45) is 0. The van der Waals surface area contributed by atoms with Crippen LogP contribution in [0.4, 0.5) is 11.4 Å². The molecule has 2 N–H and O–H groups in total. The molecule has 0 fully saturated rings. The van der Waals surface area contributed by atoms with Crippen LogP contribution in [0.25, 0.3) is 0 Å². The Kier molecular flexibility index (Phi) is 6.08. The Morgan fingerprint density at radius 2 is 0.857 bits per heavy atom. The van der Waals surface area contributed by atoms with Gasteiger partial charge < -0.3 is 10.6 Å². The first-order chi connectivity index (χ1) is 13.3. The van der Waals surface area contributed by atoms with Gasteiger partial charge in [-0.25, -0.2) is 0 Å². The van der Waals surface area contributed by atoms with Crippen molar-refractivity contribution in [2.75, 3.05) is 10.6 Å². The molecule has 0 radical (unpaired) electrons. The Morgan fingerprint density at radius 3 is 1.25 bits per heavy atom. The fourth-order valence-electron chi connectivity index (χ4n) is 3.64. The molecule has 0 saturated carbocycles. The van der Waals surface area contributed by atoms with E-state index in [9.17, 15) is 0 Å². The minimum Gasteiger partial charge on any atom is -0.381 e. The summed E-state index contributed by atoms with van der Waals surface area (Å²) < 4.78 is 0. The Labute approximate surface area is 170 Å². The lowest BCUT2D eigenvalue weighted by Gasteiger charge is -2.19. The Hall–Kier alpha value is -2.74. The summed E-state index contributed by atoms with van der Waals surface area (Å²) in [4.78, 5) is 0. The molecule has 0 aromatic heterocycles. The smallest absolute Gasteiger partial charge is 0.0407 e. The molecule has 0 saturated heterocycles. The average Bonchev–Trinajstić information content (AvgIpc) is 2.66. The van der Waals surface area contributed by atoms with E-state index in [-0.39, 0.29) is 0 Å². The van der Waals surface area contributed by atoms with Crippen LogP contribution in [-0.4, -0.2) is 0 Å². The molecule has 0 unspecified atom stereocenters. The number of hydrogen-bond donors (Lipinski definition) is 2.